The minimum absolute atomic E-state index is 0.0161. The van der Waals surface area contributed by atoms with Crippen LogP contribution in [0.15, 0.2) is 18.2 Å². The smallest absolute Gasteiger partial charge is 0.246 e. The van der Waals surface area contributed by atoms with E-state index in [1.165, 1.54) is 11.1 Å². The number of methoxy groups -OCH3 is 1. The van der Waals surface area contributed by atoms with Gasteiger partial charge in [0.2, 0.25) is 5.91 Å². The lowest BCUT2D eigenvalue weighted by molar-refractivity contribution is -0.137. The van der Waals surface area contributed by atoms with Gasteiger partial charge in [0.25, 0.3) is 0 Å². The summed E-state index contributed by atoms with van der Waals surface area (Å²) in [6.07, 6.45) is 1.71. The third-order valence-corrected chi connectivity index (χ3v) is 3.52. The summed E-state index contributed by atoms with van der Waals surface area (Å²) in [7, 11) is 1.69. The lowest BCUT2D eigenvalue weighted by Gasteiger charge is -2.37. The number of morpholine rings is 1. The Balaban J connectivity index is 1.93. The van der Waals surface area contributed by atoms with E-state index in [0.717, 1.165) is 18.6 Å². The standard InChI is InChI=1S/C13H15NO3/c1-16-11-4-2-3-8-5-10-12(6-9(8)11)17-7-13(15)14-10/h2-4,10,12H,5-7H2,1H3,(H,14,15)/t10-,12-/m1/s1. The Bertz CT molecular complexity index is 458. The second kappa shape index (κ2) is 4.04. The second-order valence-corrected chi connectivity index (χ2v) is 4.53. The van der Waals surface area contributed by atoms with Crippen molar-refractivity contribution < 1.29 is 14.3 Å². The lowest BCUT2D eigenvalue weighted by atomic mass is 9.85. The normalized spacial score (nSPS) is 26.8. The van der Waals surface area contributed by atoms with Gasteiger partial charge in [-0.3, -0.25) is 4.79 Å². The number of fused-ring (bicyclic) bond motifs is 2. The molecule has 1 aliphatic carbocycles. The van der Waals surface area contributed by atoms with Gasteiger partial charge in [-0.2, -0.15) is 0 Å². The summed E-state index contributed by atoms with van der Waals surface area (Å²) in [6, 6.07) is 6.16. The molecule has 17 heavy (non-hydrogen) atoms. The Labute approximate surface area is 99.9 Å². The van der Waals surface area contributed by atoms with Crippen LogP contribution in [0.4, 0.5) is 0 Å². The van der Waals surface area contributed by atoms with Crippen molar-refractivity contribution in [1.82, 2.24) is 5.32 Å². The van der Waals surface area contributed by atoms with E-state index in [1.807, 2.05) is 12.1 Å². The summed E-state index contributed by atoms with van der Waals surface area (Å²) in [5.74, 6) is 0.902. The van der Waals surface area contributed by atoms with Crippen molar-refractivity contribution in [3.63, 3.8) is 0 Å². The average molecular weight is 233 g/mol. The van der Waals surface area contributed by atoms with Crippen molar-refractivity contribution in [2.45, 2.75) is 25.0 Å². The number of rotatable bonds is 1. The largest absolute Gasteiger partial charge is 0.496 e. The minimum Gasteiger partial charge on any atom is -0.496 e. The molecule has 1 aliphatic heterocycles. The minimum atomic E-state index is -0.0161. The van der Waals surface area contributed by atoms with Gasteiger partial charge < -0.3 is 14.8 Å². The molecular weight excluding hydrogens is 218 g/mol. The quantitative estimate of drug-likeness (QED) is 0.776. The molecular formula is C13H15NO3. The van der Waals surface area contributed by atoms with Crippen LogP contribution in [-0.2, 0) is 22.4 Å². The van der Waals surface area contributed by atoms with E-state index in [1.54, 1.807) is 7.11 Å². The number of ether oxygens (including phenoxy) is 2. The molecule has 2 atom stereocenters. The molecule has 1 heterocycles. The second-order valence-electron chi connectivity index (χ2n) is 4.53. The van der Waals surface area contributed by atoms with Crippen molar-refractivity contribution >= 4 is 5.91 Å². The van der Waals surface area contributed by atoms with Gasteiger partial charge in [-0.05, 0) is 18.1 Å². The maximum Gasteiger partial charge on any atom is 0.246 e. The highest BCUT2D eigenvalue weighted by molar-refractivity contribution is 5.78. The zero-order valence-electron chi connectivity index (χ0n) is 9.73. The van der Waals surface area contributed by atoms with Crippen molar-refractivity contribution in [2.75, 3.05) is 13.7 Å². The lowest BCUT2D eigenvalue weighted by Crippen LogP contribution is -2.55. The van der Waals surface area contributed by atoms with Crippen LogP contribution in [-0.4, -0.2) is 31.8 Å². The summed E-state index contributed by atoms with van der Waals surface area (Å²) in [6.45, 7) is 0.172. The van der Waals surface area contributed by atoms with Crippen LogP contribution in [0.3, 0.4) is 0 Å². The average Bonchev–Trinajstić information content (AvgIpc) is 2.35. The summed E-state index contributed by atoms with van der Waals surface area (Å²) in [4.78, 5) is 11.3. The topological polar surface area (TPSA) is 47.6 Å². The van der Waals surface area contributed by atoms with Crippen LogP contribution in [0.5, 0.6) is 5.75 Å². The highest BCUT2D eigenvalue weighted by Crippen LogP contribution is 2.31. The molecule has 2 aliphatic rings. The first-order valence-corrected chi connectivity index (χ1v) is 5.83. The van der Waals surface area contributed by atoms with Gasteiger partial charge >= 0.3 is 0 Å². The molecule has 0 aromatic heterocycles. The van der Waals surface area contributed by atoms with E-state index in [-0.39, 0.29) is 24.7 Å². The zero-order valence-corrected chi connectivity index (χ0v) is 9.73. The van der Waals surface area contributed by atoms with E-state index < -0.39 is 0 Å². The van der Waals surface area contributed by atoms with Gasteiger partial charge in [-0.15, -0.1) is 0 Å². The van der Waals surface area contributed by atoms with Gasteiger partial charge in [-0.1, -0.05) is 12.1 Å². The molecule has 4 nitrogen and oxygen atoms in total. The maximum absolute atomic E-state index is 11.3. The number of benzene rings is 1. The first-order chi connectivity index (χ1) is 8.28. The van der Waals surface area contributed by atoms with Gasteiger partial charge in [0.05, 0.1) is 19.3 Å². The molecule has 1 amide bonds. The van der Waals surface area contributed by atoms with E-state index in [4.69, 9.17) is 9.47 Å². The molecule has 1 fully saturated rings. The Hall–Kier alpha value is -1.55. The van der Waals surface area contributed by atoms with Crippen LogP contribution in [0.2, 0.25) is 0 Å². The molecule has 0 bridgehead atoms. The van der Waals surface area contributed by atoms with Crippen molar-refractivity contribution in [3.05, 3.63) is 29.3 Å². The molecule has 3 rings (SSSR count). The first-order valence-electron chi connectivity index (χ1n) is 5.83. The summed E-state index contributed by atoms with van der Waals surface area (Å²) >= 11 is 0. The molecule has 1 aromatic carbocycles. The fourth-order valence-corrected chi connectivity index (χ4v) is 2.69. The summed E-state index contributed by atoms with van der Waals surface area (Å²) in [5, 5.41) is 2.99. The fourth-order valence-electron chi connectivity index (χ4n) is 2.69. The van der Waals surface area contributed by atoms with Gasteiger partial charge in [0.15, 0.2) is 0 Å². The number of carbonyl (C=O) groups excluding carboxylic acids is 1. The Morgan fingerprint density at radius 3 is 3.12 bits per heavy atom. The molecule has 1 saturated heterocycles. The molecule has 4 heteroatoms. The highest BCUT2D eigenvalue weighted by atomic mass is 16.5. The third-order valence-electron chi connectivity index (χ3n) is 3.52. The molecule has 1 aromatic rings. The Morgan fingerprint density at radius 2 is 2.29 bits per heavy atom. The van der Waals surface area contributed by atoms with E-state index in [0.29, 0.717) is 0 Å². The van der Waals surface area contributed by atoms with Crippen molar-refractivity contribution in [3.8, 4) is 5.75 Å². The molecule has 0 radical (unpaired) electrons. The molecule has 90 valence electrons. The van der Waals surface area contributed by atoms with Crippen LogP contribution >= 0.6 is 0 Å². The Morgan fingerprint density at radius 1 is 1.41 bits per heavy atom. The fraction of sp³-hybridized carbons (Fsp3) is 0.462. The van der Waals surface area contributed by atoms with Crippen LogP contribution in [0, 0.1) is 0 Å². The zero-order chi connectivity index (χ0) is 11.8. The SMILES string of the molecule is COc1cccc2c1C[C@H]1OCC(=O)N[C@@H]1C2. The van der Waals surface area contributed by atoms with E-state index in [9.17, 15) is 4.79 Å². The number of amides is 1. The van der Waals surface area contributed by atoms with E-state index >= 15 is 0 Å². The maximum atomic E-state index is 11.3. The summed E-state index contributed by atoms with van der Waals surface area (Å²) < 4.78 is 11.0. The molecule has 0 saturated carbocycles. The van der Waals surface area contributed by atoms with Crippen molar-refractivity contribution in [1.29, 1.82) is 0 Å². The first kappa shape index (κ1) is 10.6. The van der Waals surface area contributed by atoms with Crippen LogP contribution < -0.4 is 10.1 Å². The third kappa shape index (κ3) is 1.78. The predicted octanol–water partition coefficient (Wildman–Crippen LogP) is 0.677. The number of nitrogens with one attached hydrogen (secondary N) is 1. The number of hydrogen-bond acceptors (Lipinski definition) is 3. The van der Waals surface area contributed by atoms with E-state index in [2.05, 4.69) is 11.4 Å². The van der Waals surface area contributed by atoms with Gasteiger partial charge in [0.1, 0.15) is 12.4 Å². The molecule has 0 unspecified atom stereocenters. The van der Waals surface area contributed by atoms with Crippen LogP contribution in [0.25, 0.3) is 0 Å². The number of hydrogen-bond donors (Lipinski definition) is 1. The monoisotopic (exact) mass is 233 g/mol. The van der Waals surface area contributed by atoms with Gasteiger partial charge in [0, 0.05) is 12.0 Å². The Kier molecular flexibility index (Phi) is 2.52. The van der Waals surface area contributed by atoms with Crippen molar-refractivity contribution in [2.24, 2.45) is 0 Å². The van der Waals surface area contributed by atoms with Gasteiger partial charge in [-0.25, -0.2) is 0 Å². The highest BCUT2D eigenvalue weighted by Gasteiger charge is 2.35. The number of carbonyl (C=O) groups is 1. The molecule has 0 spiro atoms. The van der Waals surface area contributed by atoms with Crippen LogP contribution in [0.1, 0.15) is 11.1 Å². The predicted molar refractivity (Wildman–Crippen MR) is 62.1 cm³/mol. The summed E-state index contributed by atoms with van der Waals surface area (Å²) in [5.41, 5.74) is 2.46. The molecule has 1 N–H and O–H groups in total.